The molecule has 6 heteroatoms. The quantitative estimate of drug-likeness (QED) is 0.774. The number of alkyl halides is 3. The summed E-state index contributed by atoms with van der Waals surface area (Å²) in [4.78, 5) is 0. The number of ether oxygens (including phenoxy) is 3. The molecule has 124 valence electrons. The molecule has 0 aromatic heterocycles. The number of hydrogen-bond acceptors (Lipinski definition) is 3. The lowest BCUT2D eigenvalue weighted by Crippen LogP contribution is -2.28. The first-order valence-electron chi connectivity index (χ1n) is 7.50. The minimum Gasteiger partial charge on any atom is -0.494 e. The third kappa shape index (κ3) is 5.50. The monoisotopic (exact) mass is 318 g/mol. The molecule has 1 aromatic carbocycles. The Morgan fingerprint density at radius 1 is 1.14 bits per heavy atom. The van der Waals surface area contributed by atoms with Crippen LogP contribution in [-0.2, 0) is 9.47 Å². The van der Waals surface area contributed by atoms with Crippen molar-refractivity contribution < 1.29 is 27.4 Å². The van der Waals surface area contributed by atoms with Crippen LogP contribution in [0.4, 0.5) is 13.2 Å². The molecule has 0 unspecified atom stereocenters. The molecule has 0 bridgehead atoms. The number of benzene rings is 1. The predicted octanol–water partition coefficient (Wildman–Crippen LogP) is 4.48. The van der Waals surface area contributed by atoms with Gasteiger partial charge in [-0.1, -0.05) is 19.1 Å². The average Bonchev–Trinajstić information content (AvgIpc) is 2.51. The van der Waals surface area contributed by atoms with Gasteiger partial charge in [-0.05, 0) is 25.0 Å². The smallest absolute Gasteiger partial charge is 0.389 e. The third-order valence-electron chi connectivity index (χ3n) is 3.43. The highest BCUT2D eigenvalue weighted by atomic mass is 19.4. The first kappa shape index (κ1) is 17.1. The van der Waals surface area contributed by atoms with Crippen LogP contribution in [0.5, 0.6) is 5.75 Å². The predicted molar refractivity (Wildman–Crippen MR) is 75.7 cm³/mol. The minimum absolute atomic E-state index is 0.0417. The van der Waals surface area contributed by atoms with Gasteiger partial charge in [0.1, 0.15) is 5.75 Å². The summed E-state index contributed by atoms with van der Waals surface area (Å²) < 4.78 is 53.1. The molecule has 1 heterocycles. The van der Waals surface area contributed by atoms with Crippen LogP contribution < -0.4 is 4.74 Å². The zero-order valence-corrected chi connectivity index (χ0v) is 12.6. The van der Waals surface area contributed by atoms with Crippen LogP contribution >= 0.6 is 0 Å². The summed E-state index contributed by atoms with van der Waals surface area (Å²) >= 11 is 0. The molecule has 3 nitrogen and oxygen atoms in total. The van der Waals surface area contributed by atoms with Crippen LogP contribution in [0.15, 0.2) is 24.3 Å². The molecular weight excluding hydrogens is 297 g/mol. The SMILES string of the molecule is CCCOc1ccc([C@H]2OC[C@H](CCC(F)(F)F)CO2)cc1. The Bertz CT molecular complexity index is 437. The minimum atomic E-state index is -4.12. The summed E-state index contributed by atoms with van der Waals surface area (Å²) in [7, 11) is 0. The highest BCUT2D eigenvalue weighted by Crippen LogP contribution is 2.30. The molecule has 1 saturated heterocycles. The fourth-order valence-corrected chi connectivity index (χ4v) is 2.21. The van der Waals surface area contributed by atoms with Crippen molar-refractivity contribution in [2.45, 2.75) is 38.7 Å². The van der Waals surface area contributed by atoms with Gasteiger partial charge in [0.2, 0.25) is 0 Å². The van der Waals surface area contributed by atoms with Gasteiger partial charge in [-0.15, -0.1) is 0 Å². The lowest BCUT2D eigenvalue weighted by atomic mass is 10.0. The highest BCUT2D eigenvalue weighted by molar-refractivity contribution is 5.28. The van der Waals surface area contributed by atoms with E-state index in [0.29, 0.717) is 6.61 Å². The molecule has 0 aliphatic carbocycles. The van der Waals surface area contributed by atoms with Crippen molar-refractivity contribution in [1.29, 1.82) is 0 Å². The Kier molecular flexibility index (Phi) is 6.08. The van der Waals surface area contributed by atoms with E-state index < -0.39 is 18.9 Å². The van der Waals surface area contributed by atoms with E-state index in [2.05, 4.69) is 0 Å². The van der Waals surface area contributed by atoms with E-state index in [0.717, 1.165) is 17.7 Å². The van der Waals surface area contributed by atoms with Gasteiger partial charge in [-0.2, -0.15) is 13.2 Å². The molecule has 0 spiro atoms. The van der Waals surface area contributed by atoms with Crippen LogP contribution in [0.2, 0.25) is 0 Å². The second kappa shape index (κ2) is 7.83. The van der Waals surface area contributed by atoms with E-state index in [4.69, 9.17) is 14.2 Å². The van der Waals surface area contributed by atoms with E-state index in [1.165, 1.54) is 0 Å². The van der Waals surface area contributed by atoms with Gasteiger partial charge in [0.15, 0.2) is 6.29 Å². The van der Waals surface area contributed by atoms with Gasteiger partial charge < -0.3 is 14.2 Å². The van der Waals surface area contributed by atoms with Crippen molar-refractivity contribution in [1.82, 2.24) is 0 Å². The average molecular weight is 318 g/mol. The first-order valence-corrected chi connectivity index (χ1v) is 7.50. The molecule has 0 saturated carbocycles. The van der Waals surface area contributed by atoms with E-state index in [1.807, 2.05) is 31.2 Å². The van der Waals surface area contributed by atoms with Crippen LogP contribution in [-0.4, -0.2) is 26.0 Å². The summed E-state index contributed by atoms with van der Waals surface area (Å²) in [6.07, 6.45) is -4.44. The van der Waals surface area contributed by atoms with Crippen molar-refractivity contribution in [3.63, 3.8) is 0 Å². The summed E-state index contributed by atoms with van der Waals surface area (Å²) in [5.74, 6) is 0.578. The second-order valence-electron chi connectivity index (χ2n) is 5.44. The van der Waals surface area contributed by atoms with Crippen molar-refractivity contribution >= 4 is 0 Å². The Balaban J connectivity index is 1.78. The summed E-state index contributed by atoms with van der Waals surface area (Å²) in [5.41, 5.74) is 0.845. The van der Waals surface area contributed by atoms with Crippen LogP contribution in [0.25, 0.3) is 0 Å². The summed E-state index contributed by atoms with van der Waals surface area (Å²) in [6.45, 7) is 3.27. The molecule has 0 N–H and O–H groups in total. The van der Waals surface area contributed by atoms with Crippen molar-refractivity contribution in [3.05, 3.63) is 29.8 Å². The van der Waals surface area contributed by atoms with Gasteiger partial charge in [0.05, 0.1) is 19.8 Å². The zero-order valence-electron chi connectivity index (χ0n) is 12.6. The van der Waals surface area contributed by atoms with Gasteiger partial charge >= 0.3 is 6.18 Å². The summed E-state index contributed by atoms with van der Waals surface area (Å²) in [6, 6.07) is 7.39. The second-order valence-corrected chi connectivity index (χ2v) is 5.44. The molecule has 22 heavy (non-hydrogen) atoms. The maximum atomic E-state index is 12.2. The van der Waals surface area contributed by atoms with Crippen LogP contribution in [0.1, 0.15) is 38.0 Å². The molecule has 2 rings (SSSR count). The van der Waals surface area contributed by atoms with Crippen molar-refractivity contribution in [2.24, 2.45) is 5.92 Å². The fourth-order valence-electron chi connectivity index (χ4n) is 2.21. The number of halogens is 3. The molecule has 1 aliphatic heterocycles. The third-order valence-corrected chi connectivity index (χ3v) is 3.43. The largest absolute Gasteiger partial charge is 0.494 e. The molecule has 0 radical (unpaired) electrons. The lowest BCUT2D eigenvalue weighted by molar-refractivity contribution is -0.211. The van der Waals surface area contributed by atoms with Gasteiger partial charge in [-0.25, -0.2) is 0 Å². The van der Waals surface area contributed by atoms with Crippen LogP contribution in [0.3, 0.4) is 0 Å². The maximum Gasteiger partial charge on any atom is 0.389 e. The molecule has 1 aliphatic rings. The standard InChI is InChI=1S/C16H21F3O3/c1-2-9-20-14-5-3-13(4-6-14)15-21-10-12(11-22-15)7-8-16(17,18)19/h3-6,12,15H,2,7-11H2,1H3/t12-,15-. The van der Waals surface area contributed by atoms with E-state index in [-0.39, 0.29) is 25.6 Å². The summed E-state index contributed by atoms with van der Waals surface area (Å²) in [5, 5.41) is 0. The Morgan fingerprint density at radius 3 is 2.32 bits per heavy atom. The molecule has 0 atom stereocenters. The van der Waals surface area contributed by atoms with Gasteiger partial charge in [0.25, 0.3) is 0 Å². The van der Waals surface area contributed by atoms with Crippen molar-refractivity contribution in [3.8, 4) is 5.75 Å². The first-order chi connectivity index (χ1) is 10.5. The van der Waals surface area contributed by atoms with Crippen LogP contribution in [0, 0.1) is 5.92 Å². The normalized spacial score (nSPS) is 22.5. The molecule has 1 aromatic rings. The Labute approximate surface area is 128 Å². The zero-order chi connectivity index (χ0) is 16.0. The topological polar surface area (TPSA) is 27.7 Å². The fraction of sp³-hybridized carbons (Fsp3) is 0.625. The highest BCUT2D eigenvalue weighted by Gasteiger charge is 2.30. The molecular formula is C16H21F3O3. The number of hydrogen-bond donors (Lipinski definition) is 0. The number of rotatable bonds is 6. The maximum absolute atomic E-state index is 12.2. The van der Waals surface area contributed by atoms with Crippen molar-refractivity contribution in [2.75, 3.05) is 19.8 Å². The Morgan fingerprint density at radius 2 is 1.77 bits per heavy atom. The Hall–Kier alpha value is -1.27. The van der Waals surface area contributed by atoms with E-state index in [9.17, 15) is 13.2 Å². The molecule has 0 amide bonds. The van der Waals surface area contributed by atoms with Gasteiger partial charge in [-0.3, -0.25) is 0 Å². The van der Waals surface area contributed by atoms with E-state index >= 15 is 0 Å². The van der Waals surface area contributed by atoms with E-state index in [1.54, 1.807) is 0 Å². The lowest BCUT2D eigenvalue weighted by Gasteiger charge is -2.29. The molecule has 1 fully saturated rings. The van der Waals surface area contributed by atoms with Gasteiger partial charge in [0, 0.05) is 17.9 Å².